The molecule has 0 bridgehead atoms. The van der Waals surface area contributed by atoms with Gasteiger partial charge >= 0.3 is 191 Å². The number of hydrogen-bond donors (Lipinski definition) is 0. The summed E-state index contributed by atoms with van der Waals surface area (Å²) in [5.74, 6) is 0. The van der Waals surface area contributed by atoms with Gasteiger partial charge in [0.05, 0.1) is 0 Å². The molecule has 0 aliphatic rings. The maximum atomic E-state index is 14.5. The molecule has 5 heteroatoms. The van der Waals surface area contributed by atoms with Crippen molar-refractivity contribution in [2.45, 2.75) is 6.92 Å². The van der Waals surface area contributed by atoms with E-state index in [1.54, 1.807) is 0 Å². The number of rotatable bonds is 8. The van der Waals surface area contributed by atoms with Crippen LogP contribution in [0.4, 0.5) is 0 Å². The van der Waals surface area contributed by atoms with Crippen molar-refractivity contribution in [3.8, 4) is 0 Å². The Hall–Kier alpha value is -2.54. The molecule has 4 aromatic carbocycles. The second-order valence-corrected chi connectivity index (χ2v) is 14.7. The third-order valence-corrected chi connectivity index (χ3v) is 14.5. The van der Waals surface area contributed by atoms with Gasteiger partial charge in [-0.25, -0.2) is 0 Å². The molecule has 0 aliphatic heterocycles. The molecule has 164 valence electrons. The summed E-state index contributed by atoms with van der Waals surface area (Å²) >= 11 is 0. The second-order valence-electron chi connectivity index (χ2n) is 7.80. The van der Waals surface area contributed by atoms with Crippen LogP contribution in [-0.4, -0.2) is 13.3 Å². The molecule has 0 saturated carbocycles. The molecule has 0 saturated heterocycles. The summed E-state index contributed by atoms with van der Waals surface area (Å²) in [5.41, 5.74) is 0. The number of hydrogen-bond acceptors (Lipinski definition) is 3. The van der Waals surface area contributed by atoms with Crippen LogP contribution in [0.5, 0.6) is 0 Å². The van der Waals surface area contributed by atoms with Crippen molar-refractivity contribution in [2.24, 2.45) is 0 Å². The quantitative estimate of drug-likeness (QED) is 0.318. The Morgan fingerprint density at radius 1 is 0.625 bits per heavy atom. The van der Waals surface area contributed by atoms with Crippen molar-refractivity contribution < 1.29 is 13.4 Å². The third kappa shape index (κ3) is 3.87. The normalized spacial score (nSPS) is 14.8. The molecule has 0 spiro atoms. The van der Waals surface area contributed by atoms with Gasteiger partial charge in [-0.1, -0.05) is 0 Å². The molecule has 0 aliphatic carbocycles. The molecule has 32 heavy (non-hydrogen) atoms. The zero-order valence-electron chi connectivity index (χ0n) is 18.4. The van der Waals surface area contributed by atoms with E-state index in [1.165, 1.54) is 0 Å². The van der Waals surface area contributed by atoms with Crippen LogP contribution in [0, 0.1) is 0 Å². The van der Waals surface area contributed by atoms with E-state index in [2.05, 4.69) is 43.1 Å². The zero-order chi connectivity index (χ0) is 22.5. The van der Waals surface area contributed by atoms with Crippen molar-refractivity contribution in [3.63, 3.8) is 0 Å². The van der Waals surface area contributed by atoms with Crippen molar-refractivity contribution in [1.29, 1.82) is 0 Å². The van der Waals surface area contributed by atoms with Gasteiger partial charge in [0.2, 0.25) is 0 Å². The Morgan fingerprint density at radius 2 is 0.969 bits per heavy atom. The Bertz CT molecular complexity index is 1100. The Kier molecular flexibility index (Phi) is 6.47. The minimum atomic E-state index is -3.70. The van der Waals surface area contributed by atoms with E-state index in [9.17, 15) is 4.57 Å². The first-order chi connectivity index (χ1) is 15.5. The summed E-state index contributed by atoms with van der Waals surface area (Å²) in [6.45, 7) is 0.554. The summed E-state index contributed by atoms with van der Waals surface area (Å²) in [5, 5.41) is 3.53. The minimum absolute atomic E-state index is 0.275. The summed E-state index contributed by atoms with van der Waals surface area (Å²) in [6, 6.07) is 39.7. The van der Waals surface area contributed by atoms with Crippen molar-refractivity contribution in [2.75, 3.05) is 13.3 Å². The molecule has 0 amide bonds. The summed E-state index contributed by atoms with van der Waals surface area (Å²) < 4.78 is 27.6. The fourth-order valence-electron chi connectivity index (χ4n) is 4.14. The van der Waals surface area contributed by atoms with Gasteiger partial charge in [-0.3, -0.25) is 0 Å². The maximum absolute atomic E-state index is 14.5. The molecule has 1 unspecified atom stereocenters. The summed E-state index contributed by atoms with van der Waals surface area (Å²) in [7, 11) is -3.70. The Labute approximate surface area is 190 Å². The van der Waals surface area contributed by atoms with Crippen LogP contribution in [0.25, 0.3) is 0 Å². The van der Waals surface area contributed by atoms with E-state index in [1.807, 2.05) is 91.9 Å². The first-order valence-electron chi connectivity index (χ1n) is 10.7. The van der Waals surface area contributed by atoms with Crippen LogP contribution in [0.3, 0.4) is 0 Å². The number of benzene rings is 4. The molecular formula is C27H28O3P2. The molecule has 3 nitrogen and oxygen atoms in total. The van der Waals surface area contributed by atoms with E-state index < -0.39 is 14.4 Å². The Morgan fingerprint density at radius 3 is 1.31 bits per heavy atom. The van der Waals surface area contributed by atoms with E-state index in [-0.39, 0.29) is 6.61 Å². The third-order valence-electron chi connectivity index (χ3n) is 5.82. The molecule has 0 fully saturated rings. The predicted molar refractivity (Wildman–Crippen MR) is 137 cm³/mol. The van der Waals surface area contributed by atoms with Gasteiger partial charge in [0.1, 0.15) is 0 Å². The van der Waals surface area contributed by atoms with Crippen molar-refractivity contribution in [3.05, 3.63) is 121 Å². The summed E-state index contributed by atoms with van der Waals surface area (Å²) in [6.07, 6.45) is 0. The topological polar surface area (TPSA) is 35.5 Å². The van der Waals surface area contributed by atoms with Gasteiger partial charge in [0.25, 0.3) is 0 Å². The van der Waals surface area contributed by atoms with E-state index in [0.29, 0.717) is 5.30 Å². The van der Waals surface area contributed by atoms with Gasteiger partial charge in [-0.2, -0.15) is 0 Å². The Balaban J connectivity index is 2.09. The fourth-order valence-corrected chi connectivity index (χ4v) is 12.6. The standard InChI is InChI=1S/C27H28O3P2/c1-3-29-31(28,24-16-8-4-9-17-24)30-32(2,25-18-10-5-11-19-25,26-20-12-6-13-21-26)27-22-14-7-15-23-27/h4-23H,3H2,1-2H3. The van der Waals surface area contributed by atoms with Gasteiger partial charge < -0.3 is 0 Å². The predicted octanol–water partition coefficient (Wildman–Crippen LogP) is 5.63. The van der Waals surface area contributed by atoms with Gasteiger partial charge in [-0.15, -0.1) is 0 Å². The van der Waals surface area contributed by atoms with Crippen LogP contribution >= 0.6 is 14.4 Å². The van der Waals surface area contributed by atoms with Gasteiger partial charge in [0, 0.05) is 0 Å². The van der Waals surface area contributed by atoms with Crippen LogP contribution in [0.1, 0.15) is 6.92 Å². The van der Waals surface area contributed by atoms with Crippen molar-refractivity contribution >= 4 is 35.6 Å². The molecule has 0 aromatic heterocycles. The van der Waals surface area contributed by atoms with E-state index in [4.69, 9.17) is 8.83 Å². The monoisotopic (exact) mass is 462 g/mol. The fraction of sp³-hybridized carbons (Fsp3) is 0.111. The van der Waals surface area contributed by atoms with Crippen LogP contribution < -0.4 is 21.2 Å². The van der Waals surface area contributed by atoms with E-state index in [0.717, 1.165) is 15.9 Å². The van der Waals surface area contributed by atoms with Crippen LogP contribution in [0.15, 0.2) is 121 Å². The van der Waals surface area contributed by atoms with Crippen LogP contribution in [-0.2, 0) is 13.4 Å². The second kappa shape index (κ2) is 9.14. The first kappa shape index (κ1) is 22.6. The van der Waals surface area contributed by atoms with E-state index >= 15 is 0 Å². The molecule has 1 atom stereocenters. The SMILES string of the molecule is CCOP(=O)(OP(C)(c1ccccc1)(c1ccccc1)c1ccccc1)c1ccccc1. The zero-order valence-corrected chi connectivity index (χ0v) is 20.2. The van der Waals surface area contributed by atoms with Crippen LogP contribution in [0.2, 0.25) is 0 Å². The first-order valence-corrected chi connectivity index (χ1v) is 14.9. The average Bonchev–Trinajstić information content (AvgIpc) is 2.86. The molecule has 0 radical (unpaired) electrons. The van der Waals surface area contributed by atoms with Gasteiger partial charge in [0.15, 0.2) is 0 Å². The summed E-state index contributed by atoms with van der Waals surface area (Å²) in [4.78, 5) is 0. The van der Waals surface area contributed by atoms with Gasteiger partial charge in [-0.05, 0) is 0 Å². The average molecular weight is 462 g/mol. The molecule has 4 rings (SSSR count). The molecule has 0 heterocycles. The molecular weight excluding hydrogens is 434 g/mol. The van der Waals surface area contributed by atoms with Crippen molar-refractivity contribution in [1.82, 2.24) is 0 Å². The molecule has 0 N–H and O–H groups in total. The molecule has 4 aromatic rings.